The monoisotopic (exact) mass is 223 g/mol. The van der Waals surface area contributed by atoms with Crippen LogP contribution in [0.2, 0.25) is 0 Å². The Balaban J connectivity index is 2.35. The molecule has 0 fully saturated rings. The van der Waals surface area contributed by atoms with Crippen molar-refractivity contribution in [2.45, 2.75) is 11.8 Å². The number of benzene rings is 1. The lowest BCUT2D eigenvalue weighted by Crippen LogP contribution is -2.64. The highest BCUT2D eigenvalue weighted by Gasteiger charge is 1.92. The van der Waals surface area contributed by atoms with Crippen LogP contribution in [-0.4, -0.2) is 17.9 Å². The second-order valence-electron chi connectivity index (χ2n) is 2.99. The van der Waals surface area contributed by atoms with E-state index >= 15 is 0 Å². The van der Waals surface area contributed by atoms with E-state index < -0.39 is 0 Å². The van der Waals surface area contributed by atoms with E-state index in [-0.39, 0.29) is 5.96 Å². The molecule has 0 saturated carbocycles. The third kappa shape index (κ3) is 5.07. The summed E-state index contributed by atoms with van der Waals surface area (Å²) in [5.74, 6) is 0.839. The zero-order valence-electron chi connectivity index (χ0n) is 8.60. The lowest BCUT2D eigenvalue weighted by molar-refractivity contribution is -0.457. The van der Waals surface area contributed by atoms with Gasteiger partial charge in [-0.05, 0) is 19.1 Å². The Kier molecular flexibility index (Phi) is 4.70. The van der Waals surface area contributed by atoms with Crippen LogP contribution in [0.1, 0.15) is 5.56 Å². The van der Waals surface area contributed by atoms with Crippen LogP contribution in [0.5, 0.6) is 0 Å². The highest BCUT2D eigenvalue weighted by molar-refractivity contribution is 7.99. The number of guanidine groups is 1. The maximum absolute atomic E-state index is 5.14. The van der Waals surface area contributed by atoms with Crippen LogP contribution < -0.4 is 16.6 Å². The number of hydrogen-bond acceptors (Lipinski definition) is 2. The maximum atomic E-state index is 5.14. The van der Waals surface area contributed by atoms with Crippen molar-refractivity contribution in [3.05, 3.63) is 29.8 Å². The van der Waals surface area contributed by atoms with Crippen molar-refractivity contribution in [1.82, 2.24) is 0 Å². The van der Waals surface area contributed by atoms with Gasteiger partial charge in [-0.15, -0.1) is 16.9 Å². The number of hydrogen-bond donors (Lipinski definition) is 3. The van der Waals surface area contributed by atoms with Crippen LogP contribution in [0, 0.1) is 6.92 Å². The Morgan fingerprint density at radius 3 is 2.67 bits per heavy atom. The van der Waals surface area contributed by atoms with E-state index in [0.717, 1.165) is 5.75 Å². The number of nitrogens with zero attached hydrogens (tertiary/aromatic N) is 1. The molecule has 0 saturated heterocycles. The highest BCUT2D eigenvalue weighted by Crippen LogP contribution is 2.16. The minimum Gasteiger partial charge on any atom is -0.365 e. The molecule has 4 nitrogen and oxygen atoms in total. The van der Waals surface area contributed by atoms with Crippen molar-refractivity contribution >= 4 is 23.9 Å². The van der Waals surface area contributed by atoms with Gasteiger partial charge in [0.15, 0.2) is 6.21 Å². The fourth-order valence-corrected chi connectivity index (χ4v) is 1.61. The van der Waals surface area contributed by atoms with Crippen molar-refractivity contribution in [2.24, 2.45) is 16.6 Å². The van der Waals surface area contributed by atoms with Crippen LogP contribution in [0.15, 0.2) is 34.3 Å². The molecule has 0 aliphatic rings. The van der Waals surface area contributed by atoms with Gasteiger partial charge < -0.3 is 11.5 Å². The molecule has 0 heterocycles. The smallest absolute Gasteiger partial charge is 0.256 e. The van der Waals surface area contributed by atoms with Crippen molar-refractivity contribution in [3.8, 4) is 0 Å². The summed E-state index contributed by atoms with van der Waals surface area (Å²) >= 11 is 1.71. The largest absolute Gasteiger partial charge is 0.365 e. The van der Waals surface area contributed by atoms with Gasteiger partial charge in [-0.2, -0.15) is 0 Å². The summed E-state index contributed by atoms with van der Waals surface area (Å²) in [6, 6.07) is 8.36. The predicted molar refractivity (Wildman–Crippen MR) is 64.7 cm³/mol. The summed E-state index contributed by atoms with van der Waals surface area (Å²) in [6.45, 7) is 2.07. The van der Waals surface area contributed by atoms with Gasteiger partial charge in [0, 0.05) is 10.00 Å². The molecule has 80 valence electrons. The topological polar surface area (TPSA) is 78.4 Å². The molecule has 0 atom stereocenters. The van der Waals surface area contributed by atoms with E-state index in [1.54, 1.807) is 18.0 Å². The Labute approximate surface area is 93.5 Å². The summed E-state index contributed by atoms with van der Waals surface area (Å²) in [7, 11) is 0. The van der Waals surface area contributed by atoms with Gasteiger partial charge in [0.05, 0.1) is 5.75 Å². The normalized spacial score (nSPS) is 10.5. The van der Waals surface area contributed by atoms with E-state index in [9.17, 15) is 0 Å². The number of thioether (sulfide) groups is 1. The molecule has 0 amide bonds. The first-order valence-corrected chi connectivity index (χ1v) is 5.52. The lowest BCUT2D eigenvalue weighted by Gasteiger charge is -1.96. The average molecular weight is 223 g/mol. The SMILES string of the molecule is Cc1ccc(SC/C=[NH+]/N=C(N)N)cc1. The molecule has 0 spiro atoms. The summed E-state index contributed by atoms with van der Waals surface area (Å²) in [5.41, 5.74) is 11.5. The van der Waals surface area contributed by atoms with E-state index in [1.165, 1.54) is 10.5 Å². The second-order valence-corrected chi connectivity index (χ2v) is 4.09. The minimum atomic E-state index is 0.0339. The zero-order valence-corrected chi connectivity index (χ0v) is 9.42. The standard InChI is InChI=1S/C10H14N4S/c1-8-2-4-9(5-3-8)15-7-6-13-14-10(11)12/h2-6H,7H2,1H3,(H4,11,12,14)/p+1/b13-6+. The number of hydrazone groups is 1. The van der Waals surface area contributed by atoms with Gasteiger partial charge in [0.25, 0.3) is 5.96 Å². The lowest BCUT2D eigenvalue weighted by atomic mass is 10.2. The van der Waals surface area contributed by atoms with E-state index in [2.05, 4.69) is 41.4 Å². The Hall–Kier alpha value is -1.49. The summed E-state index contributed by atoms with van der Waals surface area (Å²) in [4.78, 5) is 1.23. The predicted octanol–water partition coefficient (Wildman–Crippen LogP) is -0.573. The van der Waals surface area contributed by atoms with Crippen molar-refractivity contribution in [3.63, 3.8) is 0 Å². The summed E-state index contributed by atoms with van der Waals surface area (Å²) < 4.78 is 0. The summed E-state index contributed by atoms with van der Waals surface area (Å²) in [5, 5.41) is 6.28. The highest BCUT2D eigenvalue weighted by atomic mass is 32.2. The van der Waals surface area contributed by atoms with Crippen molar-refractivity contribution < 1.29 is 5.10 Å². The molecule has 15 heavy (non-hydrogen) atoms. The van der Waals surface area contributed by atoms with Crippen LogP contribution in [0.25, 0.3) is 0 Å². The van der Waals surface area contributed by atoms with Gasteiger partial charge in [-0.1, -0.05) is 17.7 Å². The molecule has 1 aromatic rings. The molecule has 0 unspecified atom stereocenters. The number of aryl methyl sites for hydroxylation is 1. The summed E-state index contributed by atoms with van der Waals surface area (Å²) in [6.07, 6.45) is 1.80. The Bertz CT molecular complexity index is 352. The quantitative estimate of drug-likeness (QED) is 0.277. The zero-order chi connectivity index (χ0) is 11.1. The molecule has 1 rings (SSSR count). The van der Waals surface area contributed by atoms with Gasteiger partial charge >= 0.3 is 0 Å². The van der Waals surface area contributed by atoms with Gasteiger partial charge in [-0.3, -0.25) is 0 Å². The van der Waals surface area contributed by atoms with Gasteiger partial charge in [0.1, 0.15) is 0 Å². The van der Waals surface area contributed by atoms with Gasteiger partial charge in [-0.25, -0.2) is 0 Å². The number of nitrogens with one attached hydrogen (secondary N) is 1. The van der Waals surface area contributed by atoms with Crippen LogP contribution >= 0.6 is 11.8 Å². The number of rotatable bonds is 4. The van der Waals surface area contributed by atoms with E-state index in [0.29, 0.717) is 0 Å². The molecule has 0 aliphatic heterocycles. The average Bonchev–Trinajstić information content (AvgIpc) is 2.20. The fourth-order valence-electron chi connectivity index (χ4n) is 0.930. The molecule has 0 bridgehead atoms. The maximum Gasteiger partial charge on any atom is 0.256 e. The van der Waals surface area contributed by atoms with Crippen LogP contribution in [0.3, 0.4) is 0 Å². The fraction of sp³-hybridized carbons (Fsp3) is 0.200. The first kappa shape index (κ1) is 11.6. The first-order valence-electron chi connectivity index (χ1n) is 4.54. The Morgan fingerprint density at radius 1 is 1.40 bits per heavy atom. The van der Waals surface area contributed by atoms with Crippen LogP contribution in [0.4, 0.5) is 0 Å². The third-order valence-corrected chi connectivity index (χ3v) is 2.58. The van der Waals surface area contributed by atoms with Crippen LogP contribution in [-0.2, 0) is 0 Å². The molecular formula is C10H15N4S+. The third-order valence-electron chi connectivity index (χ3n) is 1.64. The molecular weight excluding hydrogens is 208 g/mol. The number of nitrogens with two attached hydrogens (primary N) is 2. The molecule has 0 radical (unpaired) electrons. The molecule has 5 N–H and O–H groups in total. The van der Waals surface area contributed by atoms with Gasteiger partial charge in [0.2, 0.25) is 0 Å². The molecule has 5 heteroatoms. The van der Waals surface area contributed by atoms with Crippen molar-refractivity contribution in [1.29, 1.82) is 0 Å². The van der Waals surface area contributed by atoms with E-state index in [1.807, 2.05) is 0 Å². The Morgan fingerprint density at radius 2 is 2.07 bits per heavy atom. The molecule has 0 aliphatic carbocycles. The second kappa shape index (κ2) is 6.08. The first-order chi connectivity index (χ1) is 7.18. The molecule has 1 aromatic carbocycles. The van der Waals surface area contributed by atoms with E-state index in [4.69, 9.17) is 11.5 Å². The minimum absolute atomic E-state index is 0.0339. The molecule has 0 aromatic heterocycles. The van der Waals surface area contributed by atoms with Crippen molar-refractivity contribution in [2.75, 3.05) is 5.75 Å².